The van der Waals surface area contributed by atoms with E-state index in [1.807, 2.05) is 0 Å². The van der Waals surface area contributed by atoms with Crippen LogP contribution in [0.25, 0.3) is 55.3 Å². The van der Waals surface area contributed by atoms with Gasteiger partial charge in [-0.25, -0.2) is 0 Å². The Balaban J connectivity index is 1.13. The van der Waals surface area contributed by atoms with Crippen LogP contribution in [0.2, 0.25) is 0 Å². The van der Waals surface area contributed by atoms with Crippen LogP contribution in [0.15, 0.2) is 150 Å². The SMILES string of the molecule is CC(C)(C)c1ccc(-c2cc(N(c3ccc4c(c3)C(C)(C)c3ccccc3-4)c3ccc4c(c3)C3(CC5CCC3C5)c3ccccc3-4)c3oc4ccccc4c3c2)cc1. The molecule has 1 spiro atoms. The van der Waals surface area contributed by atoms with Gasteiger partial charge >= 0.3 is 0 Å². The van der Waals surface area contributed by atoms with Gasteiger partial charge in [-0.1, -0.05) is 144 Å². The van der Waals surface area contributed by atoms with E-state index in [1.54, 1.807) is 5.56 Å². The lowest BCUT2D eigenvalue weighted by Crippen LogP contribution is -2.32. The van der Waals surface area contributed by atoms with Crippen LogP contribution in [0.3, 0.4) is 0 Å². The van der Waals surface area contributed by atoms with Crippen molar-refractivity contribution in [1.29, 1.82) is 0 Å². The van der Waals surface area contributed by atoms with Gasteiger partial charge < -0.3 is 9.32 Å². The van der Waals surface area contributed by atoms with Gasteiger partial charge in [-0.05, 0) is 140 Å². The Hall–Kier alpha value is -5.86. The average Bonchev–Trinajstić information content (AvgIpc) is 4.05. The molecule has 3 atom stereocenters. The minimum Gasteiger partial charge on any atom is -0.454 e. The highest BCUT2D eigenvalue weighted by Crippen LogP contribution is 2.66. The highest BCUT2D eigenvalue weighted by molar-refractivity contribution is 6.12. The first-order valence-corrected chi connectivity index (χ1v) is 21.4. The minimum absolute atomic E-state index is 0.0728. The molecule has 12 rings (SSSR count). The molecule has 7 aromatic carbocycles. The summed E-state index contributed by atoms with van der Waals surface area (Å²) in [5.41, 5.74) is 20.3. The molecule has 284 valence electrons. The standard InChI is InChI=1S/C56H49NO/c1-54(2,3)37-22-19-35(20-23-37)36-29-46-45-14-8-11-17-52(45)58-53(46)51(30-36)57(39-24-26-43-41-12-6-9-15-47(41)55(4,5)49(43)31-39)40-25-27-44-42-13-7-10-16-48(42)56(50(44)32-40)33-34-18-21-38(56)28-34/h6-17,19-20,22-27,29-32,34,38H,18,21,28,33H2,1-5H3. The molecule has 0 radical (unpaired) electrons. The first kappa shape index (κ1) is 34.2. The zero-order valence-corrected chi connectivity index (χ0v) is 34.2. The predicted octanol–water partition coefficient (Wildman–Crippen LogP) is 15.4. The third-order valence-corrected chi connectivity index (χ3v) is 14.9. The molecule has 4 aliphatic carbocycles. The van der Waals surface area contributed by atoms with Crippen LogP contribution in [-0.4, -0.2) is 0 Å². The van der Waals surface area contributed by atoms with E-state index in [-0.39, 0.29) is 16.2 Å². The molecule has 4 aliphatic rings. The molecule has 8 aromatic rings. The molecule has 1 aromatic heterocycles. The molecule has 1 heterocycles. The van der Waals surface area contributed by atoms with E-state index in [0.29, 0.717) is 5.92 Å². The molecule has 58 heavy (non-hydrogen) atoms. The second-order valence-electron chi connectivity index (χ2n) is 19.4. The summed E-state index contributed by atoms with van der Waals surface area (Å²) in [4.78, 5) is 2.53. The van der Waals surface area contributed by atoms with E-state index in [2.05, 4.69) is 185 Å². The molecule has 0 aliphatic heterocycles. The first-order valence-electron chi connectivity index (χ1n) is 21.4. The number of hydrogen-bond donors (Lipinski definition) is 0. The van der Waals surface area contributed by atoms with Crippen molar-refractivity contribution in [3.05, 3.63) is 173 Å². The van der Waals surface area contributed by atoms with Gasteiger partial charge in [0.1, 0.15) is 5.58 Å². The molecule has 0 saturated heterocycles. The van der Waals surface area contributed by atoms with Gasteiger partial charge in [-0.3, -0.25) is 0 Å². The number of benzene rings is 7. The number of fused-ring (bicyclic) bond motifs is 14. The zero-order chi connectivity index (χ0) is 39.1. The molecule has 2 saturated carbocycles. The highest BCUT2D eigenvalue weighted by atomic mass is 16.3. The summed E-state index contributed by atoms with van der Waals surface area (Å²) in [5.74, 6) is 1.49. The molecule has 2 heteroatoms. The summed E-state index contributed by atoms with van der Waals surface area (Å²) >= 11 is 0. The maximum atomic E-state index is 6.98. The molecule has 0 N–H and O–H groups in total. The fourth-order valence-corrected chi connectivity index (χ4v) is 12.1. The van der Waals surface area contributed by atoms with Crippen molar-refractivity contribution in [3.63, 3.8) is 0 Å². The number of para-hydroxylation sites is 1. The number of rotatable bonds is 4. The lowest BCUT2D eigenvalue weighted by molar-refractivity contribution is 0.327. The Labute approximate surface area is 342 Å². The topological polar surface area (TPSA) is 16.4 Å². The lowest BCUT2D eigenvalue weighted by atomic mass is 9.67. The van der Waals surface area contributed by atoms with Gasteiger partial charge in [0.05, 0.1) is 5.69 Å². The molecule has 0 amide bonds. The second-order valence-corrected chi connectivity index (χ2v) is 19.4. The van der Waals surface area contributed by atoms with Crippen molar-refractivity contribution in [2.75, 3.05) is 4.90 Å². The Morgan fingerprint density at radius 1 is 0.569 bits per heavy atom. The van der Waals surface area contributed by atoms with Crippen LogP contribution in [0.5, 0.6) is 0 Å². The summed E-state index contributed by atoms with van der Waals surface area (Å²) in [6.45, 7) is 11.6. The van der Waals surface area contributed by atoms with Crippen LogP contribution in [0.4, 0.5) is 17.1 Å². The maximum absolute atomic E-state index is 6.98. The molecule has 2 fully saturated rings. The van der Waals surface area contributed by atoms with Crippen molar-refractivity contribution >= 4 is 39.0 Å². The van der Waals surface area contributed by atoms with E-state index in [4.69, 9.17) is 4.42 Å². The number of furan rings is 1. The van der Waals surface area contributed by atoms with Crippen LogP contribution in [0.1, 0.15) is 88.1 Å². The van der Waals surface area contributed by atoms with Crippen LogP contribution < -0.4 is 4.90 Å². The lowest BCUT2D eigenvalue weighted by Gasteiger charge is -2.37. The van der Waals surface area contributed by atoms with Gasteiger partial charge in [-0.2, -0.15) is 0 Å². The Kier molecular flexibility index (Phi) is 6.99. The van der Waals surface area contributed by atoms with Gasteiger partial charge in [-0.15, -0.1) is 0 Å². The predicted molar refractivity (Wildman–Crippen MR) is 242 cm³/mol. The highest BCUT2D eigenvalue weighted by Gasteiger charge is 2.56. The third kappa shape index (κ3) is 4.66. The van der Waals surface area contributed by atoms with Crippen LogP contribution in [-0.2, 0) is 16.2 Å². The van der Waals surface area contributed by atoms with E-state index in [9.17, 15) is 0 Å². The van der Waals surface area contributed by atoms with Crippen molar-refractivity contribution < 1.29 is 4.42 Å². The van der Waals surface area contributed by atoms with Gasteiger partial charge in [0, 0.05) is 33.0 Å². The molecule has 3 unspecified atom stereocenters. The molecule has 2 nitrogen and oxygen atoms in total. The fourth-order valence-electron chi connectivity index (χ4n) is 12.1. The van der Waals surface area contributed by atoms with Gasteiger partial charge in [0.25, 0.3) is 0 Å². The first-order chi connectivity index (χ1) is 28.1. The monoisotopic (exact) mass is 751 g/mol. The van der Waals surface area contributed by atoms with Gasteiger partial charge in [0.15, 0.2) is 5.58 Å². The van der Waals surface area contributed by atoms with Crippen LogP contribution >= 0.6 is 0 Å². The van der Waals surface area contributed by atoms with Crippen LogP contribution in [0, 0.1) is 11.8 Å². The second kappa shape index (κ2) is 11.9. The Morgan fingerprint density at radius 3 is 1.91 bits per heavy atom. The van der Waals surface area contributed by atoms with Crippen molar-refractivity contribution in [2.45, 2.75) is 76.5 Å². The molecular formula is C56H49NO. The smallest absolute Gasteiger partial charge is 0.159 e. The average molecular weight is 752 g/mol. The zero-order valence-electron chi connectivity index (χ0n) is 34.2. The van der Waals surface area contributed by atoms with E-state index in [1.165, 1.54) is 87.0 Å². The van der Waals surface area contributed by atoms with E-state index < -0.39 is 0 Å². The quantitative estimate of drug-likeness (QED) is 0.178. The van der Waals surface area contributed by atoms with Crippen molar-refractivity contribution in [2.24, 2.45) is 11.8 Å². The summed E-state index contributed by atoms with van der Waals surface area (Å²) < 4.78 is 6.98. The molecular weight excluding hydrogens is 703 g/mol. The summed E-state index contributed by atoms with van der Waals surface area (Å²) in [6.07, 6.45) is 5.29. The maximum Gasteiger partial charge on any atom is 0.159 e. The van der Waals surface area contributed by atoms with Crippen molar-refractivity contribution in [3.8, 4) is 33.4 Å². The van der Waals surface area contributed by atoms with Gasteiger partial charge in [0.2, 0.25) is 0 Å². The van der Waals surface area contributed by atoms with E-state index >= 15 is 0 Å². The fraction of sp³-hybridized carbons (Fsp3) is 0.250. The number of anilines is 3. The summed E-state index contributed by atoms with van der Waals surface area (Å²) in [7, 11) is 0. The number of hydrogen-bond acceptors (Lipinski definition) is 2. The molecule has 2 bridgehead atoms. The van der Waals surface area contributed by atoms with E-state index in [0.717, 1.165) is 39.2 Å². The largest absolute Gasteiger partial charge is 0.454 e. The summed E-state index contributed by atoms with van der Waals surface area (Å²) in [6, 6.07) is 55.4. The normalized spacial score (nSPS) is 20.8. The van der Waals surface area contributed by atoms with Crippen molar-refractivity contribution in [1.82, 2.24) is 0 Å². The minimum atomic E-state index is -0.133. The Morgan fingerprint density at radius 2 is 1.21 bits per heavy atom. The third-order valence-electron chi connectivity index (χ3n) is 14.9. The summed E-state index contributed by atoms with van der Waals surface area (Å²) in [5, 5.41) is 2.28. The number of nitrogens with zero attached hydrogens (tertiary/aromatic N) is 1. The Bertz CT molecular complexity index is 2990.